The van der Waals surface area contributed by atoms with Crippen LogP contribution in [0.25, 0.3) is 0 Å². The van der Waals surface area contributed by atoms with E-state index >= 15 is 0 Å². The molecule has 2 atom stereocenters. The highest BCUT2D eigenvalue weighted by Gasteiger charge is 2.17. The molecular formula is C15H23BrClN. The lowest BCUT2D eigenvalue weighted by Crippen LogP contribution is -2.20. The standard InChI is InChI=1S/C15H23BrClN/c1-10(2)8-11(3)9-14(18-4)12-6-5-7-13(16)15(12)17/h5-7,10-11,14,18H,8-9H2,1-4H3. The van der Waals surface area contributed by atoms with Crippen molar-refractivity contribution in [1.29, 1.82) is 0 Å². The van der Waals surface area contributed by atoms with Crippen LogP contribution in [-0.4, -0.2) is 7.05 Å². The molecule has 0 radical (unpaired) electrons. The first-order valence-electron chi connectivity index (χ1n) is 6.56. The number of benzene rings is 1. The van der Waals surface area contributed by atoms with Crippen LogP contribution in [0, 0.1) is 11.8 Å². The fourth-order valence-electron chi connectivity index (χ4n) is 2.49. The zero-order valence-electron chi connectivity index (χ0n) is 11.6. The Morgan fingerprint density at radius 3 is 2.44 bits per heavy atom. The predicted octanol–water partition coefficient (Wildman–Crippen LogP) is 5.44. The fourth-order valence-corrected chi connectivity index (χ4v) is 3.13. The van der Waals surface area contributed by atoms with Crippen molar-refractivity contribution in [3.63, 3.8) is 0 Å². The summed E-state index contributed by atoms with van der Waals surface area (Å²) in [6.07, 6.45) is 2.37. The molecule has 0 saturated carbocycles. The van der Waals surface area contributed by atoms with Gasteiger partial charge >= 0.3 is 0 Å². The summed E-state index contributed by atoms with van der Waals surface area (Å²) in [5.41, 5.74) is 1.18. The van der Waals surface area contributed by atoms with E-state index in [-0.39, 0.29) is 0 Å². The number of rotatable bonds is 6. The topological polar surface area (TPSA) is 12.0 Å². The second-order valence-electron chi connectivity index (χ2n) is 5.45. The Balaban J connectivity index is 2.80. The molecule has 0 aliphatic carbocycles. The molecule has 1 N–H and O–H groups in total. The van der Waals surface area contributed by atoms with E-state index in [0.29, 0.717) is 12.0 Å². The summed E-state index contributed by atoms with van der Waals surface area (Å²) in [5, 5.41) is 4.21. The summed E-state index contributed by atoms with van der Waals surface area (Å²) in [6, 6.07) is 6.46. The molecule has 0 aliphatic rings. The Morgan fingerprint density at radius 2 is 1.89 bits per heavy atom. The second-order valence-corrected chi connectivity index (χ2v) is 6.69. The number of halogens is 2. The summed E-state index contributed by atoms with van der Waals surface area (Å²) in [7, 11) is 2.00. The number of hydrogen-bond acceptors (Lipinski definition) is 1. The van der Waals surface area contributed by atoms with Gasteiger partial charge in [-0.25, -0.2) is 0 Å². The van der Waals surface area contributed by atoms with Crippen LogP contribution >= 0.6 is 27.5 Å². The first-order chi connectivity index (χ1) is 8.45. The molecule has 1 nitrogen and oxygen atoms in total. The molecule has 0 spiro atoms. The highest BCUT2D eigenvalue weighted by Crippen LogP contribution is 2.33. The summed E-state index contributed by atoms with van der Waals surface area (Å²) < 4.78 is 0.971. The lowest BCUT2D eigenvalue weighted by molar-refractivity contribution is 0.366. The van der Waals surface area contributed by atoms with Crippen LogP contribution in [0.1, 0.15) is 45.2 Å². The molecule has 3 heteroatoms. The molecule has 1 aromatic rings. The maximum Gasteiger partial charge on any atom is 0.0595 e. The second kappa shape index (κ2) is 7.52. The highest BCUT2D eigenvalue weighted by molar-refractivity contribution is 9.10. The SMILES string of the molecule is CNC(CC(C)CC(C)C)c1cccc(Br)c1Cl. The zero-order chi connectivity index (χ0) is 13.7. The molecule has 0 heterocycles. The monoisotopic (exact) mass is 331 g/mol. The molecular weight excluding hydrogens is 310 g/mol. The van der Waals surface area contributed by atoms with Gasteiger partial charge in [0.1, 0.15) is 0 Å². The third kappa shape index (κ3) is 4.56. The Kier molecular flexibility index (Phi) is 6.68. The minimum absolute atomic E-state index is 0.323. The smallest absolute Gasteiger partial charge is 0.0595 e. The van der Waals surface area contributed by atoms with Crippen LogP contribution in [0.5, 0.6) is 0 Å². The van der Waals surface area contributed by atoms with Crippen LogP contribution in [0.15, 0.2) is 22.7 Å². The maximum absolute atomic E-state index is 6.37. The first-order valence-corrected chi connectivity index (χ1v) is 7.74. The van der Waals surface area contributed by atoms with E-state index in [0.717, 1.165) is 21.8 Å². The molecule has 0 fully saturated rings. The average molecular weight is 333 g/mol. The summed E-state index contributed by atoms with van der Waals surface area (Å²) in [6.45, 7) is 6.87. The van der Waals surface area contributed by atoms with Gasteiger partial charge < -0.3 is 5.32 Å². The van der Waals surface area contributed by atoms with Crippen LogP contribution in [-0.2, 0) is 0 Å². The van der Waals surface area contributed by atoms with Crippen LogP contribution in [0.2, 0.25) is 5.02 Å². The maximum atomic E-state index is 6.37. The van der Waals surface area contributed by atoms with E-state index in [1.807, 2.05) is 19.2 Å². The van der Waals surface area contributed by atoms with Gasteiger partial charge in [0, 0.05) is 10.5 Å². The Morgan fingerprint density at radius 1 is 1.22 bits per heavy atom. The van der Waals surface area contributed by atoms with Crippen LogP contribution in [0.3, 0.4) is 0 Å². The van der Waals surface area contributed by atoms with Gasteiger partial charge in [0.2, 0.25) is 0 Å². The molecule has 18 heavy (non-hydrogen) atoms. The molecule has 102 valence electrons. The summed E-state index contributed by atoms with van der Waals surface area (Å²) in [5.74, 6) is 1.44. The van der Waals surface area contributed by atoms with Gasteiger partial charge in [-0.3, -0.25) is 0 Å². The fraction of sp³-hybridized carbons (Fsp3) is 0.600. The summed E-state index contributed by atoms with van der Waals surface area (Å²) >= 11 is 9.86. The Labute approximate surface area is 124 Å². The van der Waals surface area contributed by atoms with Crippen molar-refractivity contribution in [2.75, 3.05) is 7.05 Å². The lowest BCUT2D eigenvalue weighted by atomic mass is 9.90. The van der Waals surface area contributed by atoms with E-state index in [4.69, 9.17) is 11.6 Å². The molecule has 1 rings (SSSR count). The third-order valence-corrected chi connectivity index (χ3v) is 4.53. The Hall–Kier alpha value is -0.0500. The van der Waals surface area contributed by atoms with Gasteiger partial charge in [-0.15, -0.1) is 0 Å². The molecule has 1 aromatic carbocycles. The molecule has 0 saturated heterocycles. The van der Waals surface area contributed by atoms with Crippen molar-refractivity contribution in [3.05, 3.63) is 33.3 Å². The first kappa shape index (κ1) is 16.0. The Bertz CT molecular complexity index is 379. The molecule has 0 aliphatic heterocycles. The predicted molar refractivity (Wildman–Crippen MR) is 84.2 cm³/mol. The normalized spacial score (nSPS) is 14.8. The van der Waals surface area contributed by atoms with E-state index in [2.05, 4.69) is 48.1 Å². The number of nitrogens with one attached hydrogen (secondary N) is 1. The minimum Gasteiger partial charge on any atom is -0.313 e. The van der Waals surface area contributed by atoms with Crippen LogP contribution in [0.4, 0.5) is 0 Å². The third-order valence-electron chi connectivity index (χ3n) is 3.22. The van der Waals surface area contributed by atoms with Gasteiger partial charge in [-0.2, -0.15) is 0 Å². The van der Waals surface area contributed by atoms with Crippen molar-refractivity contribution in [2.45, 2.75) is 39.7 Å². The largest absolute Gasteiger partial charge is 0.313 e. The quantitative estimate of drug-likeness (QED) is 0.732. The van der Waals surface area contributed by atoms with Gasteiger partial charge in [0.05, 0.1) is 5.02 Å². The van der Waals surface area contributed by atoms with Gasteiger partial charge in [0.15, 0.2) is 0 Å². The number of hydrogen-bond donors (Lipinski definition) is 1. The molecule has 0 amide bonds. The highest BCUT2D eigenvalue weighted by atomic mass is 79.9. The van der Waals surface area contributed by atoms with Crippen molar-refractivity contribution >= 4 is 27.5 Å². The van der Waals surface area contributed by atoms with E-state index in [1.165, 1.54) is 12.0 Å². The van der Waals surface area contributed by atoms with E-state index < -0.39 is 0 Å². The van der Waals surface area contributed by atoms with E-state index in [9.17, 15) is 0 Å². The van der Waals surface area contributed by atoms with Crippen molar-refractivity contribution < 1.29 is 0 Å². The van der Waals surface area contributed by atoms with Crippen LogP contribution < -0.4 is 5.32 Å². The lowest BCUT2D eigenvalue weighted by Gasteiger charge is -2.23. The van der Waals surface area contributed by atoms with Crippen molar-refractivity contribution in [3.8, 4) is 0 Å². The van der Waals surface area contributed by atoms with Gasteiger partial charge in [0.25, 0.3) is 0 Å². The molecule has 0 bridgehead atoms. The minimum atomic E-state index is 0.323. The zero-order valence-corrected chi connectivity index (χ0v) is 14.0. The van der Waals surface area contributed by atoms with Crippen molar-refractivity contribution in [2.24, 2.45) is 11.8 Å². The summed E-state index contributed by atoms with van der Waals surface area (Å²) in [4.78, 5) is 0. The average Bonchev–Trinajstić information content (AvgIpc) is 2.29. The molecule has 2 unspecified atom stereocenters. The van der Waals surface area contributed by atoms with Crippen molar-refractivity contribution in [1.82, 2.24) is 5.32 Å². The van der Waals surface area contributed by atoms with Gasteiger partial charge in [-0.1, -0.05) is 44.5 Å². The molecule has 0 aromatic heterocycles. The van der Waals surface area contributed by atoms with E-state index in [1.54, 1.807) is 0 Å². The van der Waals surface area contributed by atoms with Gasteiger partial charge in [-0.05, 0) is 59.3 Å².